The van der Waals surface area contributed by atoms with Crippen LogP contribution >= 0.6 is 0 Å². The maximum atomic E-state index is 13.8. The van der Waals surface area contributed by atoms with Gasteiger partial charge in [0, 0.05) is 31.4 Å². The summed E-state index contributed by atoms with van der Waals surface area (Å²) in [6, 6.07) is 2.96. The van der Waals surface area contributed by atoms with Crippen LogP contribution in [0.1, 0.15) is 36.6 Å². The fourth-order valence-electron chi connectivity index (χ4n) is 3.21. The molecule has 1 aromatic carbocycles. The predicted molar refractivity (Wildman–Crippen MR) is 81.5 cm³/mol. The van der Waals surface area contributed by atoms with Gasteiger partial charge in [0.05, 0.1) is 18.2 Å². The van der Waals surface area contributed by atoms with E-state index in [2.05, 4.69) is 5.10 Å². The summed E-state index contributed by atoms with van der Waals surface area (Å²) in [6.07, 6.45) is 4.02. The van der Waals surface area contributed by atoms with Gasteiger partial charge >= 0.3 is 0 Å². The molecule has 1 aromatic heterocycles. The molecule has 1 aliphatic heterocycles. The first-order valence-electron chi connectivity index (χ1n) is 7.88. The van der Waals surface area contributed by atoms with E-state index in [1.165, 1.54) is 0 Å². The third kappa shape index (κ3) is 3.16. The number of rotatable bonds is 3. The van der Waals surface area contributed by atoms with Gasteiger partial charge in [0.2, 0.25) is 5.91 Å². The summed E-state index contributed by atoms with van der Waals surface area (Å²) < 4.78 is 41.9. The monoisotopic (exact) mass is 337 g/mol. The molecule has 0 spiro atoms. The number of likely N-dealkylation sites (tertiary alicyclic amines) is 1. The van der Waals surface area contributed by atoms with E-state index in [1.54, 1.807) is 15.8 Å². The Hall–Kier alpha value is -2.31. The Morgan fingerprint density at radius 1 is 1.21 bits per heavy atom. The Labute approximate surface area is 137 Å². The lowest BCUT2D eigenvalue weighted by atomic mass is 9.98. The Balaban J connectivity index is 1.82. The first-order chi connectivity index (χ1) is 11.5. The number of hydrogen-bond donors (Lipinski definition) is 0. The minimum atomic E-state index is -1.26. The van der Waals surface area contributed by atoms with Crippen molar-refractivity contribution in [3.63, 3.8) is 0 Å². The van der Waals surface area contributed by atoms with E-state index in [1.807, 2.05) is 13.1 Å². The lowest BCUT2D eigenvalue weighted by Gasteiger charge is -2.36. The quantitative estimate of drug-likeness (QED) is 0.807. The molecule has 1 atom stereocenters. The van der Waals surface area contributed by atoms with E-state index in [0.29, 0.717) is 12.6 Å². The highest BCUT2D eigenvalue weighted by atomic mass is 19.2. The normalized spacial score (nSPS) is 18.0. The second kappa shape index (κ2) is 6.67. The highest BCUT2D eigenvalue weighted by Crippen LogP contribution is 2.31. The maximum Gasteiger partial charge on any atom is 0.227 e. The summed E-state index contributed by atoms with van der Waals surface area (Å²) in [4.78, 5) is 14.3. The van der Waals surface area contributed by atoms with Crippen LogP contribution < -0.4 is 0 Å². The summed E-state index contributed by atoms with van der Waals surface area (Å²) in [5.41, 5.74) is 0.780. The number of aromatic nitrogens is 2. The average molecular weight is 337 g/mol. The second-order valence-electron chi connectivity index (χ2n) is 6.01. The van der Waals surface area contributed by atoms with Gasteiger partial charge in [0.1, 0.15) is 5.82 Å². The lowest BCUT2D eigenvalue weighted by molar-refractivity contribution is -0.134. The summed E-state index contributed by atoms with van der Waals surface area (Å²) in [7, 11) is 1.81. The third-order valence-electron chi connectivity index (χ3n) is 4.45. The largest absolute Gasteiger partial charge is 0.334 e. The van der Waals surface area contributed by atoms with Crippen LogP contribution in [0.25, 0.3) is 0 Å². The summed E-state index contributed by atoms with van der Waals surface area (Å²) in [5, 5.41) is 4.13. The third-order valence-corrected chi connectivity index (χ3v) is 4.45. The van der Waals surface area contributed by atoms with Gasteiger partial charge in [-0.2, -0.15) is 5.10 Å². The second-order valence-corrected chi connectivity index (χ2v) is 6.01. The summed E-state index contributed by atoms with van der Waals surface area (Å²) in [5.74, 6) is -3.61. The summed E-state index contributed by atoms with van der Waals surface area (Å²) >= 11 is 0. The van der Waals surface area contributed by atoms with E-state index in [9.17, 15) is 18.0 Å². The number of carbonyl (C=O) groups excluding carboxylic acids is 1. The van der Waals surface area contributed by atoms with E-state index < -0.39 is 17.5 Å². The van der Waals surface area contributed by atoms with Crippen LogP contribution in [0.4, 0.5) is 13.2 Å². The number of aryl methyl sites for hydroxylation is 1. The molecule has 0 unspecified atom stereocenters. The highest BCUT2D eigenvalue weighted by Gasteiger charge is 2.30. The van der Waals surface area contributed by atoms with Crippen LogP contribution in [0.15, 0.2) is 24.4 Å². The molecule has 0 saturated carbocycles. The average Bonchev–Trinajstić information content (AvgIpc) is 2.98. The number of piperidine rings is 1. The van der Waals surface area contributed by atoms with Crippen molar-refractivity contribution in [1.29, 1.82) is 0 Å². The van der Waals surface area contributed by atoms with Gasteiger partial charge in [-0.05, 0) is 31.4 Å². The van der Waals surface area contributed by atoms with Crippen molar-refractivity contribution in [2.45, 2.75) is 31.7 Å². The molecule has 4 nitrogen and oxygen atoms in total. The Bertz CT molecular complexity index is 760. The molecule has 24 heavy (non-hydrogen) atoms. The van der Waals surface area contributed by atoms with E-state index in [0.717, 1.165) is 31.0 Å². The first-order valence-corrected chi connectivity index (χ1v) is 7.88. The first kappa shape index (κ1) is 16.5. The van der Waals surface area contributed by atoms with Crippen molar-refractivity contribution in [2.75, 3.05) is 6.54 Å². The molecule has 1 aliphatic rings. The molecule has 2 aromatic rings. The number of carbonyl (C=O) groups is 1. The number of amides is 1. The smallest absolute Gasteiger partial charge is 0.227 e. The molecule has 0 N–H and O–H groups in total. The van der Waals surface area contributed by atoms with E-state index in [-0.39, 0.29) is 23.9 Å². The standard InChI is InChI=1S/C17H18F3N3O/c1-22-15(5-6-21-22)16-4-2-3-7-23(16)17(24)9-11-8-13(19)14(20)10-12(11)18/h5-6,8,10,16H,2-4,7,9H2,1H3/t16-/m1/s1. The molecule has 1 saturated heterocycles. The minimum absolute atomic E-state index is 0.131. The van der Waals surface area contributed by atoms with Crippen LogP contribution in [0.3, 0.4) is 0 Å². The number of halogens is 3. The zero-order valence-electron chi connectivity index (χ0n) is 13.3. The summed E-state index contributed by atoms with van der Waals surface area (Å²) in [6.45, 7) is 0.556. The molecule has 3 rings (SSSR count). The molecule has 1 amide bonds. The van der Waals surface area contributed by atoms with Gasteiger partial charge in [0.15, 0.2) is 11.6 Å². The topological polar surface area (TPSA) is 38.1 Å². The zero-order valence-corrected chi connectivity index (χ0v) is 13.3. The number of benzene rings is 1. The molecule has 128 valence electrons. The fourth-order valence-corrected chi connectivity index (χ4v) is 3.21. The Morgan fingerprint density at radius 2 is 1.96 bits per heavy atom. The molecular formula is C17H18F3N3O. The van der Waals surface area contributed by atoms with Crippen LogP contribution in [0.2, 0.25) is 0 Å². The van der Waals surface area contributed by atoms with Crippen molar-refractivity contribution < 1.29 is 18.0 Å². The molecule has 0 aliphatic carbocycles. The van der Waals surface area contributed by atoms with E-state index in [4.69, 9.17) is 0 Å². The lowest BCUT2D eigenvalue weighted by Crippen LogP contribution is -2.40. The van der Waals surface area contributed by atoms with Gasteiger partial charge in [-0.15, -0.1) is 0 Å². The Morgan fingerprint density at radius 3 is 2.67 bits per heavy atom. The van der Waals surface area contributed by atoms with Crippen molar-refractivity contribution in [1.82, 2.24) is 14.7 Å². The van der Waals surface area contributed by atoms with E-state index >= 15 is 0 Å². The van der Waals surface area contributed by atoms with Crippen molar-refractivity contribution in [3.05, 3.63) is 53.1 Å². The zero-order chi connectivity index (χ0) is 17.3. The van der Waals surface area contributed by atoms with Gasteiger partial charge in [0.25, 0.3) is 0 Å². The minimum Gasteiger partial charge on any atom is -0.334 e. The Kier molecular flexibility index (Phi) is 4.59. The molecule has 7 heteroatoms. The van der Waals surface area contributed by atoms with Crippen LogP contribution in [-0.2, 0) is 18.3 Å². The number of hydrogen-bond acceptors (Lipinski definition) is 2. The van der Waals surface area contributed by atoms with Crippen LogP contribution in [0.5, 0.6) is 0 Å². The van der Waals surface area contributed by atoms with Gasteiger partial charge in [-0.1, -0.05) is 0 Å². The van der Waals surface area contributed by atoms with Crippen molar-refractivity contribution in [3.8, 4) is 0 Å². The predicted octanol–water partition coefficient (Wildman–Crippen LogP) is 3.13. The molecule has 0 radical (unpaired) electrons. The SMILES string of the molecule is Cn1nccc1[C@H]1CCCCN1C(=O)Cc1cc(F)c(F)cc1F. The maximum absolute atomic E-state index is 13.8. The van der Waals surface area contributed by atoms with Crippen LogP contribution in [-0.4, -0.2) is 27.1 Å². The number of nitrogens with zero attached hydrogens (tertiary/aromatic N) is 3. The van der Waals surface area contributed by atoms with Crippen molar-refractivity contribution in [2.24, 2.45) is 7.05 Å². The molecule has 0 bridgehead atoms. The highest BCUT2D eigenvalue weighted by molar-refractivity contribution is 5.79. The van der Waals surface area contributed by atoms with Crippen molar-refractivity contribution >= 4 is 5.91 Å². The van der Waals surface area contributed by atoms with Gasteiger partial charge < -0.3 is 4.90 Å². The molecule has 2 heterocycles. The molecular weight excluding hydrogens is 319 g/mol. The fraction of sp³-hybridized carbons (Fsp3) is 0.412. The molecule has 1 fully saturated rings. The van der Waals surface area contributed by atoms with Gasteiger partial charge in [-0.25, -0.2) is 13.2 Å². The van der Waals surface area contributed by atoms with Crippen LogP contribution in [0, 0.1) is 17.5 Å². The van der Waals surface area contributed by atoms with Gasteiger partial charge in [-0.3, -0.25) is 9.48 Å².